The molecular formula is C48H67ClN2O7. The fourth-order valence-electron chi connectivity index (χ4n) is 14.4. The normalized spacial score (nSPS) is 39.1. The molecule has 318 valence electrons. The van der Waals surface area contributed by atoms with E-state index in [0.29, 0.717) is 35.3 Å². The van der Waals surface area contributed by atoms with Crippen LogP contribution in [-0.4, -0.2) is 53.8 Å². The Balaban J connectivity index is 1.09. The first-order valence-corrected chi connectivity index (χ1v) is 22.2. The number of allylic oxidation sites excluding steroid dienone is 2. The van der Waals surface area contributed by atoms with E-state index in [1.165, 1.54) is 0 Å². The Bertz CT molecular complexity index is 2000. The van der Waals surface area contributed by atoms with Gasteiger partial charge in [0.1, 0.15) is 6.10 Å². The quantitative estimate of drug-likeness (QED) is 0.200. The molecule has 0 aromatic heterocycles. The average Bonchev–Trinajstić information content (AvgIpc) is 3.43. The van der Waals surface area contributed by atoms with Gasteiger partial charge in [-0.15, -0.1) is 0 Å². The molecule has 9 nitrogen and oxygen atoms in total. The molecule has 6 aliphatic carbocycles. The highest BCUT2D eigenvalue weighted by Gasteiger charge is 2.70. The van der Waals surface area contributed by atoms with E-state index in [2.05, 4.69) is 59.1 Å². The van der Waals surface area contributed by atoms with E-state index < -0.39 is 53.5 Å². The summed E-state index contributed by atoms with van der Waals surface area (Å²) in [6.07, 6.45) is 7.53. The van der Waals surface area contributed by atoms with Gasteiger partial charge in [0.05, 0.1) is 14.6 Å². The highest BCUT2D eigenvalue weighted by molar-refractivity contribution is 6.30. The summed E-state index contributed by atoms with van der Waals surface area (Å²) in [5, 5.41) is 15.3. The molecule has 0 unspecified atom stereocenters. The highest BCUT2D eigenvalue weighted by atomic mass is 35.5. The predicted molar refractivity (Wildman–Crippen MR) is 224 cm³/mol. The number of esters is 1. The molecule has 10 heteroatoms. The van der Waals surface area contributed by atoms with Gasteiger partial charge in [-0.25, -0.2) is 0 Å². The maximum atomic E-state index is 14.1. The number of benzene rings is 1. The number of Topliss-reactive ketones (excluding diaryl/α,β-unsaturated/α-hetero) is 1. The molecule has 2 amide bonds. The van der Waals surface area contributed by atoms with Crippen molar-refractivity contribution in [1.82, 2.24) is 10.6 Å². The molecule has 6 aliphatic rings. The molecule has 0 aliphatic heterocycles. The second-order valence-electron chi connectivity index (χ2n) is 21.4. The summed E-state index contributed by atoms with van der Waals surface area (Å²) >= 11 is 5.96. The number of aliphatic carboxylic acids is 1. The van der Waals surface area contributed by atoms with Gasteiger partial charge in [0.15, 0.2) is 5.78 Å². The largest absolute Gasteiger partial charge is 0.481 e. The van der Waals surface area contributed by atoms with Gasteiger partial charge in [-0.05, 0) is 133 Å². The maximum absolute atomic E-state index is 14.1. The third kappa shape index (κ3) is 6.57. The van der Waals surface area contributed by atoms with Crippen LogP contribution in [0.1, 0.15) is 146 Å². The van der Waals surface area contributed by atoms with Crippen molar-refractivity contribution in [2.75, 3.05) is 13.0 Å². The Labute approximate surface area is 353 Å². The SMILES string of the molecule is [2H]C([2H])(CNC(=O)c1ccc(Cl)cc1)NC(=O)C[C@@]12CC[C@]3(C)[C@H](CC[C@@H]4[C@@]5(C)CC[C@H](OC(=O)[C@H]6C[C@@H](C(=O)O)C6(C)C)C(C)(C)[C@@H]5CC[C@]43C)C1=C(C(C)C)C(=O)C2. The third-order valence-corrected chi connectivity index (χ3v) is 18.0. The van der Waals surface area contributed by atoms with Crippen LogP contribution in [-0.2, 0) is 23.9 Å². The van der Waals surface area contributed by atoms with Gasteiger partial charge in [0.25, 0.3) is 5.91 Å². The third-order valence-electron chi connectivity index (χ3n) is 17.8. The minimum Gasteiger partial charge on any atom is -0.481 e. The first-order valence-electron chi connectivity index (χ1n) is 22.8. The molecule has 0 saturated heterocycles. The summed E-state index contributed by atoms with van der Waals surface area (Å²) < 4.78 is 23.6. The van der Waals surface area contributed by atoms with Gasteiger partial charge in [0, 0.05) is 47.3 Å². The zero-order valence-corrected chi connectivity index (χ0v) is 36.9. The van der Waals surface area contributed by atoms with E-state index in [-0.39, 0.29) is 64.2 Å². The van der Waals surface area contributed by atoms with Crippen LogP contribution in [0.4, 0.5) is 0 Å². The fraction of sp³-hybridized carbons (Fsp3) is 0.729. The second kappa shape index (κ2) is 14.8. The number of carbonyl (C=O) groups is 5. The first kappa shape index (κ1) is 40.2. The fourth-order valence-corrected chi connectivity index (χ4v) is 14.5. The van der Waals surface area contributed by atoms with Gasteiger partial charge in [-0.2, -0.15) is 0 Å². The van der Waals surface area contributed by atoms with Crippen molar-refractivity contribution in [2.24, 2.45) is 68.0 Å². The van der Waals surface area contributed by atoms with Crippen LogP contribution >= 0.6 is 11.6 Å². The van der Waals surface area contributed by atoms with Crippen molar-refractivity contribution in [1.29, 1.82) is 0 Å². The van der Waals surface area contributed by atoms with Crippen LogP contribution in [0.2, 0.25) is 5.02 Å². The van der Waals surface area contributed by atoms with E-state index in [1.807, 2.05) is 13.8 Å². The zero-order chi connectivity index (χ0) is 44.2. The summed E-state index contributed by atoms with van der Waals surface area (Å²) in [4.78, 5) is 66.2. The predicted octanol–water partition coefficient (Wildman–Crippen LogP) is 9.22. The molecular weight excluding hydrogens is 752 g/mol. The number of fused-ring (bicyclic) bond motifs is 7. The van der Waals surface area contributed by atoms with E-state index in [9.17, 15) is 29.1 Å². The molecule has 3 N–H and O–H groups in total. The average molecular weight is 822 g/mol. The van der Waals surface area contributed by atoms with Crippen LogP contribution < -0.4 is 10.6 Å². The van der Waals surface area contributed by atoms with Gasteiger partial charge in [-0.1, -0.05) is 79.5 Å². The molecule has 0 bridgehead atoms. The lowest BCUT2D eigenvalue weighted by Gasteiger charge is -2.72. The smallest absolute Gasteiger partial charge is 0.309 e. The summed E-state index contributed by atoms with van der Waals surface area (Å²) in [6.45, 7) is 17.2. The maximum Gasteiger partial charge on any atom is 0.309 e. The van der Waals surface area contributed by atoms with Crippen molar-refractivity contribution in [3.05, 3.63) is 46.0 Å². The lowest BCUT2D eigenvalue weighted by Crippen LogP contribution is -2.66. The number of carboxylic acid groups (broad SMARTS) is 1. The molecule has 1 aromatic rings. The van der Waals surface area contributed by atoms with Crippen molar-refractivity contribution in [2.45, 2.75) is 139 Å². The Morgan fingerprint density at radius 1 is 0.862 bits per heavy atom. The lowest BCUT2D eigenvalue weighted by atomic mass is 9.33. The Kier molecular flexibility index (Phi) is 10.2. The first-order chi connectivity index (χ1) is 27.7. The van der Waals surface area contributed by atoms with Gasteiger partial charge in [0.2, 0.25) is 5.91 Å². The number of ether oxygens (including phenoxy) is 1. The van der Waals surface area contributed by atoms with E-state index in [0.717, 1.165) is 56.1 Å². The minimum atomic E-state index is -2.21. The van der Waals surface area contributed by atoms with Crippen molar-refractivity contribution >= 4 is 41.1 Å². The molecule has 0 heterocycles. The van der Waals surface area contributed by atoms with Crippen LogP contribution in [0.5, 0.6) is 0 Å². The van der Waals surface area contributed by atoms with E-state index in [1.54, 1.807) is 24.3 Å². The topological polar surface area (TPSA) is 139 Å². The number of amides is 2. The number of nitrogens with one attached hydrogen (secondary N) is 2. The van der Waals surface area contributed by atoms with Crippen molar-refractivity contribution in [3.63, 3.8) is 0 Å². The molecule has 10 atom stereocenters. The lowest BCUT2D eigenvalue weighted by molar-refractivity contribution is -0.236. The summed E-state index contributed by atoms with van der Waals surface area (Å²) in [5.41, 5.74) is 0.585. The molecule has 0 radical (unpaired) electrons. The zero-order valence-electron chi connectivity index (χ0n) is 38.1. The number of halogens is 1. The number of ketones is 1. The summed E-state index contributed by atoms with van der Waals surface area (Å²) in [7, 11) is 0. The van der Waals surface area contributed by atoms with Crippen LogP contribution in [0, 0.1) is 68.0 Å². The molecule has 5 fully saturated rings. The molecule has 58 heavy (non-hydrogen) atoms. The van der Waals surface area contributed by atoms with Crippen molar-refractivity contribution < 1.29 is 36.6 Å². The Morgan fingerprint density at radius 2 is 1.55 bits per heavy atom. The summed E-state index contributed by atoms with van der Waals surface area (Å²) in [6, 6.07) is 6.29. The van der Waals surface area contributed by atoms with Gasteiger partial charge in [-0.3, -0.25) is 24.0 Å². The monoisotopic (exact) mass is 820 g/mol. The number of carboxylic acids is 1. The van der Waals surface area contributed by atoms with Gasteiger partial charge < -0.3 is 20.5 Å². The number of hydrogen-bond donors (Lipinski definition) is 3. The van der Waals surface area contributed by atoms with Crippen LogP contribution in [0.25, 0.3) is 0 Å². The Hall–Kier alpha value is -3.20. The van der Waals surface area contributed by atoms with E-state index in [4.69, 9.17) is 19.1 Å². The standard InChI is InChI=1S/C48H67ClN2O7/c1-27(2)38-33(52)25-48(26-37(53)50-22-23-51-40(54)28-10-12-29(49)13-11-28)21-20-46(8)30(39(38)48)14-15-35-45(7)18-17-36(44(5,6)34(45)16-19-47(35,46)9)58-42(57)32-24-31(41(55)56)43(32,3)4/h10-13,27,30-32,34-36H,14-26H2,1-9H3,(H,50,53)(H,51,54)(H,55,56)/t30-,31+,32-,34+,35-,36+,45+,46-,47-,48+/m1/s1/i22D2. The molecule has 0 spiro atoms. The van der Waals surface area contributed by atoms with Crippen LogP contribution in [0.3, 0.4) is 0 Å². The highest BCUT2D eigenvalue weighted by Crippen LogP contribution is 2.77. The molecule has 5 saturated carbocycles. The number of hydrogen-bond acceptors (Lipinski definition) is 6. The summed E-state index contributed by atoms with van der Waals surface area (Å²) in [5.74, 6) is -2.05. The number of carbonyl (C=O) groups excluding carboxylic acids is 4. The van der Waals surface area contributed by atoms with Gasteiger partial charge >= 0.3 is 11.9 Å². The second-order valence-corrected chi connectivity index (χ2v) is 21.8. The van der Waals surface area contributed by atoms with Crippen LogP contribution in [0.15, 0.2) is 35.4 Å². The molecule has 7 rings (SSSR count). The molecule has 1 aromatic carbocycles. The Morgan fingerprint density at radius 3 is 2.19 bits per heavy atom. The van der Waals surface area contributed by atoms with Crippen molar-refractivity contribution in [3.8, 4) is 0 Å². The number of rotatable bonds is 10. The van der Waals surface area contributed by atoms with E-state index >= 15 is 0 Å². The minimum absolute atomic E-state index is 0.00126.